The van der Waals surface area contributed by atoms with Gasteiger partial charge in [-0.25, -0.2) is 0 Å². The van der Waals surface area contributed by atoms with Crippen molar-refractivity contribution >= 4 is 17.5 Å². The summed E-state index contributed by atoms with van der Waals surface area (Å²) in [4.78, 5) is 11.9. The second-order valence-electron chi connectivity index (χ2n) is 5.75. The molecule has 0 saturated heterocycles. The molecule has 6 heteroatoms. The van der Waals surface area contributed by atoms with E-state index in [1.54, 1.807) is 6.20 Å². The van der Waals surface area contributed by atoms with Crippen LogP contribution in [0.15, 0.2) is 12.4 Å². The van der Waals surface area contributed by atoms with Gasteiger partial charge < -0.3 is 11.1 Å². The number of hydrogen-bond donors (Lipinski definition) is 2. The number of nitrogens with zero attached hydrogens (tertiary/aromatic N) is 2. The van der Waals surface area contributed by atoms with E-state index in [9.17, 15) is 4.79 Å². The molecule has 0 aliphatic heterocycles. The first-order valence-electron chi connectivity index (χ1n) is 6.86. The van der Waals surface area contributed by atoms with E-state index in [0.29, 0.717) is 17.5 Å². The number of hydrogen-bond acceptors (Lipinski definition) is 3. The molecular formula is C13H19ClN4O. The molecule has 19 heavy (non-hydrogen) atoms. The highest BCUT2D eigenvalue weighted by Crippen LogP contribution is 2.37. The Morgan fingerprint density at radius 3 is 2.89 bits per heavy atom. The van der Waals surface area contributed by atoms with Crippen LogP contribution < -0.4 is 11.1 Å². The molecule has 2 aliphatic rings. The van der Waals surface area contributed by atoms with Crippen LogP contribution in [-0.4, -0.2) is 27.3 Å². The zero-order valence-corrected chi connectivity index (χ0v) is 11.6. The third-order valence-electron chi connectivity index (χ3n) is 4.20. The van der Waals surface area contributed by atoms with Crippen molar-refractivity contribution in [1.29, 1.82) is 0 Å². The summed E-state index contributed by atoms with van der Waals surface area (Å²) in [5.41, 5.74) is 5.10. The first-order valence-corrected chi connectivity index (χ1v) is 7.24. The maximum absolute atomic E-state index is 11.9. The largest absolute Gasteiger partial charge is 0.368 e. The topological polar surface area (TPSA) is 72.9 Å². The molecule has 2 saturated carbocycles. The normalized spacial score (nSPS) is 31.3. The van der Waals surface area contributed by atoms with Crippen LogP contribution in [0.25, 0.3) is 0 Å². The van der Waals surface area contributed by atoms with Crippen molar-refractivity contribution in [2.24, 2.45) is 5.73 Å². The molecule has 2 fully saturated rings. The Morgan fingerprint density at radius 1 is 1.53 bits per heavy atom. The standard InChI is InChI=1S/C13H19ClN4O/c14-9-7-16-18(8-9)11-2-1-5-13(6-11,12(15)19)17-10-3-4-10/h7-8,10-11,17H,1-6H2,(H2,15,19). The Morgan fingerprint density at radius 2 is 2.32 bits per heavy atom. The summed E-state index contributed by atoms with van der Waals surface area (Å²) in [6.07, 6.45) is 9.27. The van der Waals surface area contributed by atoms with Crippen molar-refractivity contribution in [3.05, 3.63) is 17.4 Å². The van der Waals surface area contributed by atoms with Crippen molar-refractivity contribution in [3.63, 3.8) is 0 Å². The second-order valence-corrected chi connectivity index (χ2v) is 6.19. The highest BCUT2D eigenvalue weighted by Gasteiger charge is 2.45. The van der Waals surface area contributed by atoms with Gasteiger partial charge in [-0.1, -0.05) is 11.6 Å². The third kappa shape index (κ3) is 2.62. The Labute approximate surface area is 117 Å². The van der Waals surface area contributed by atoms with Crippen LogP contribution in [0.3, 0.4) is 0 Å². The smallest absolute Gasteiger partial charge is 0.237 e. The van der Waals surface area contributed by atoms with Gasteiger partial charge in [-0.05, 0) is 38.5 Å². The Kier molecular flexibility index (Phi) is 3.27. The van der Waals surface area contributed by atoms with Gasteiger partial charge in [-0.2, -0.15) is 5.10 Å². The van der Waals surface area contributed by atoms with Gasteiger partial charge in [-0.3, -0.25) is 9.48 Å². The molecule has 3 rings (SSSR count). The first-order chi connectivity index (χ1) is 9.09. The fourth-order valence-electron chi connectivity index (χ4n) is 3.03. The monoisotopic (exact) mass is 282 g/mol. The second kappa shape index (κ2) is 4.80. The summed E-state index contributed by atoms with van der Waals surface area (Å²) < 4.78 is 1.87. The van der Waals surface area contributed by atoms with E-state index in [2.05, 4.69) is 10.4 Å². The van der Waals surface area contributed by atoms with Crippen molar-refractivity contribution in [1.82, 2.24) is 15.1 Å². The molecular weight excluding hydrogens is 264 g/mol. The lowest BCUT2D eigenvalue weighted by molar-refractivity contribution is -0.126. The van der Waals surface area contributed by atoms with Crippen molar-refractivity contribution < 1.29 is 4.79 Å². The van der Waals surface area contributed by atoms with Crippen LogP contribution in [0.2, 0.25) is 5.02 Å². The number of halogens is 1. The van der Waals surface area contributed by atoms with Crippen molar-refractivity contribution in [2.75, 3.05) is 0 Å². The number of aromatic nitrogens is 2. The van der Waals surface area contributed by atoms with Gasteiger partial charge in [0.2, 0.25) is 5.91 Å². The molecule has 0 radical (unpaired) electrons. The number of amides is 1. The van der Waals surface area contributed by atoms with E-state index in [1.807, 2.05) is 10.9 Å². The fourth-order valence-corrected chi connectivity index (χ4v) is 3.17. The zero-order valence-electron chi connectivity index (χ0n) is 10.8. The summed E-state index contributed by atoms with van der Waals surface area (Å²) >= 11 is 5.92. The van der Waals surface area contributed by atoms with Gasteiger partial charge in [0, 0.05) is 12.2 Å². The molecule has 104 valence electrons. The minimum Gasteiger partial charge on any atom is -0.368 e. The number of primary amides is 1. The van der Waals surface area contributed by atoms with Crippen LogP contribution in [0.4, 0.5) is 0 Å². The van der Waals surface area contributed by atoms with E-state index < -0.39 is 5.54 Å². The molecule has 0 spiro atoms. The molecule has 5 nitrogen and oxygen atoms in total. The summed E-state index contributed by atoms with van der Waals surface area (Å²) in [6, 6.07) is 0.660. The zero-order chi connectivity index (χ0) is 13.5. The number of carbonyl (C=O) groups is 1. The minimum atomic E-state index is -0.567. The molecule has 2 atom stereocenters. The maximum atomic E-state index is 11.9. The van der Waals surface area contributed by atoms with Crippen LogP contribution >= 0.6 is 11.6 Å². The van der Waals surface area contributed by atoms with Crippen LogP contribution in [-0.2, 0) is 4.79 Å². The lowest BCUT2D eigenvalue weighted by Crippen LogP contribution is -2.58. The van der Waals surface area contributed by atoms with Crippen molar-refractivity contribution in [3.8, 4) is 0 Å². The number of carbonyl (C=O) groups excluding carboxylic acids is 1. The van der Waals surface area contributed by atoms with Gasteiger partial charge >= 0.3 is 0 Å². The van der Waals surface area contributed by atoms with E-state index in [0.717, 1.165) is 32.1 Å². The molecule has 0 bridgehead atoms. The third-order valence-corrected chi connectivity index (χ3v) is 4.39. The van der Waals surface area contributed by atoms with E-state index in [1.165, 1.54) is 0 Å². The van der Waals surface area contributed by atoms with Gasteiger partial charge in [0.05, 0.1) is 22.8 Å². The lowest BCUT2D eigenvalue weighted by Gasteiger charge is -2.39. The van der Waals surface area contributed by atoms with Gasteiger partial charge in [0.1, 0.15) is 0 Å². The summed E-state index contributed by atoms with van der Waals surface area (Å²) in [7, 11) is 0. The summed E-state index contributed by atoms with van der Waals surface area (Å²) in [5.74, 6) is -0.234. The minimum absolute atomic E-state index is 0.194. The SMILES string of the molecule is NC(=O)C1(NC2CC2)CCCC(n2cc(Cl)cn2)C1. The van der Waals surface area contributed by atoms with E-state index in [-0.39, 0.29) is 11.9 Å². The molecule has 1 aromatic heterocycles. The van der Waals surface area contributed by atoms with E-state index >= 15 is 0 Å². The van der Waals surface area contributed by atoms with Crippen LogP contribution in [0.5, 0.6) is 0 Å². The summed E-state index contributed by atoms with van der Waals surface area (Å²) in [5, 5.41) is 8.36. The number of nitrogens with one attached hydrogen (secondary N) is 1. The average Bonchev–Trinajstić information content (AvgIpc) is 3.08. The van der Waals surface area contributed by atoms with Gasteiger partial charge in [-0.15, -0.1) is 0 Å². The molecule has 1 heterocycles. The van der Waals surface area contributed by atoms with Crippen LogP contribution in [0, 0.1) is 0 Å². The predicted octanol–water partition coefficient (Wildman–Crippen LogP) is 1.63. The lowest BCUT2D eigenvalue weighted by atomic mass is 9.78. The van der Waals surface area contributed by atoms with Crippen molar-refractivity contribution in [2.45, 2.75) is 56.1 Å². The van der Waals surface area contributed by atoms with E-state index in [4.69, 9.17) is 17.3 Å². The highest BCUT2D eigenvalue weighted by atomic mass is 35.5. The molecule has 0 aromatic carbocycles. The maximum Gasteiger partial charge on any atom is 0.237 e. The molecule has 1 amide bonds. The molecule has 2 unspecified atom stereocenters. The number of rotatable bonds is 4. The fraction of sp³-hybridized carbons (Fsp3) is 0.692. The Bertz CT molecular complexity index is 485. The number of nitrogens with two attached hydrogens (primary N) is 1. The van der Waals surface area contributed by atoms with Gasteiger partial charge in [0.15, 0.2) is 0 Å². The highest BCUT2D eigenvalue weighted by molar-refractivity contribution is 6.30. The van der Waals surface area contributed by atoms with Crippen LogP contribution in [0.1, 0.15) is 44.6 Å². The molecule has 2 aliphatic carbocycles. The Hall–Kier alpha value is -1.07. The quantitative estimate of drug-likeness (QED) is 0.881. The molecule has 3 N–H and O–H groups in total. The Balaban J connectivity index is 1.79. The first kappa shape index (κ1) is 12.9. The summed E-state index contributed by atoms with van der Waals surface area (Å²) in [6.45, 7) is 0. The van der Waals surface area contributed by atoms with Gasteiger partial charge in [0.25, 0.3) is 0 Å². The average molecular weight is 283 g/mol. The molecule has 1 aromatic rings. The predicted molar refractivity (Wildman–Crippen MR) is 72.8 cm³/mol.